The Morgan fingerprint density at radius 1 is 0.568 bits per heavy atom. The second-order valence-electron chi connectivity index (χ2n) is 13.2. The van der Waals surface area contributed by atoms with Crippen LogP contribution in [-0.4, -0.2) is 66.8 Å². The van der Waals surface area contributed by atoms with Crippen molar-refractivity contribution in [1.29, 1.82) is 0 Å². The molecule has 44 heavy (non-hydrogen) atoms. The Bertz CT molecular complexity index is 631. The lowest BCUT2D eigenvalue weighted by atomic mass is 10.0. The van der Waals surface area contributed by atoms with Gasteiger partial charge in [0.15, 0.2) is 0 Å². The number of nitrogens with one attached hydrogen (secondary N) is 2. The van der Waals surface area contributed by atoms with Crippen LogP contribution in [0.4, 0.5) is 0 Å². The van der Waals surface area contributed by atoms with Gasteiger partial charge in [-0.1, -0.05) is 117 Å². The molecule has 7 heteroatoms. The topological polar surface area (TPSA) is 78.4 Å². The van der Waals surface area contributed by atoms with Gasteiger partial charge in [0.25, 0.3) is 0 Å². The highest BCUT2D eigenvalue weighted by atomic mass is 35.5. The molecule has 0 radical (unpaired) electrons. The van der Waals surface area contributed by atoms with Crippen LogP contribution < -0.4 is 23.0 Å². The van der Waals surface area contributed by atoms with E-state index in [4.69, 9.17) is 0 Å². The largest absolute Gasteiger partial charge is 1.00 e. The summed E-state index contributed by atoms with van der Waals surface area (Å²) in [5, 5.41) is 15.9. The summed E-state index contributed by atoms with van der Waals surface area (Å²) in [6.45, 7) is 14.1. The third-order valence-corrected chi connectivity index (χ3v) is 9.52. The lowest BCUT2D eigenvalue weighted by molar-refractivity contribution is -0.925. The van der Waals surface area contributed by atoms with Crippen LogP contribution in [0.5, 0.6) is 0 Å². The molecule has 3 N–H and O–H groups in total. The van der Waals surface area contributed by atoms with E-state index in [0.717, 1.165) is 82.2 Å². The third-order valence-electron chi connectivity index (χ3n) is 9.52. The van der Waals surface area contributed by atoms with Crippen molar-refractivity contribution < 1.29 is 31.6 Å². The zero-order chi connectivity index (χ0) is 31.9. The summed E-state index contributed by atoms with van der Waals surface area (Å²) < 4.78 is 1.01. The molecule has 0 saturated heterocycles. The number of halogens is 1. The minimum atomic E-state index is 0. The van der Waals surface area contributed by atoms with Crippen LogP contribution in [0, 0.1) is 0 Å². The van der Waals surface area contributed by atoms with Gasteiger partial charge >= 0.3 is 0 Å². The molecule has 264 valence electrons. The van der Waals surface area contributed by atoms with E-state index < -0.39 is 0 Å². The van der Waals surface area contributed by atoms with Crippen LogP contribution in [0.1, 0.15) is 182 Å². The molecule has 0 bridgehead atoms. The highest BCUT2D eigenvalue weighted by Gasteiger charge is 2.25. The maximum atomic E-state index is 12.7. The van der Waals surface area contributed by atoms with Gasteiger partial charge in [0.2, 0.25) is 11.8 Å². The van der Waals surface area contributed by atoms with Crippen molar-refractivity contribution in [2.24, 2.45) is 0 Å². The molecule has 0 aliphatic rings. The Morgan fingerprint density at radius 2 is 1.02 bits per heavy atom. The number of hydrogen-bond acceptors (Lipinski definition) is 3. The van der Waals surface area contributed by atoms with E-state index >= 15 is 0 Å². The molecule has 0 spiro atoms. The predicted octanol–water partition coefficient (Wildman–Crippen LogP) is 5.84. The van der Waals surface area contributed by atoms with E-state index in [2.05, 4.69) is 38.3 Å². The fourth-order valence-electron chi connectivity index (χ4n) is 6.25. The van der Waals surface area contributed by atoms with Crippen molar-refractivity contribution in [3.63, 3.8) is 0 Å². The first-order chi connectivity index (χ1) is 21.0. The van der Waals surface area contributed by atoms with Gasteiger partial charge in [-0.3, -0.25) is 9.59 Å². The Balaban J connectivity index is 0. The van der Waals surface area contributed by atoms with Crippen LogP contribution in [0.3, 0.4) is 0 Å². The molecule has 0 aliphatic heterocycles. The Kier molecular flexibility index (Phi) is 34.5. The normalized spacial score (nSPS) is 12.1. The number of nitrogens with zero attached hydrogens (tertiary/aromatic N) is 1. The highest BCUT2D eigenvalue weighted by molar-refractivity contribution is 5.76. The number of amides is 2. The van der Waals surface area contributed by atoms with Crippen LogP contribution in [-0.2, 0) is 9.59 Å². The molecular weight excluding hydrogens is 570 g/mol. The van der Waals surface area contributed by atoms with Crippen LogP contribution in [0.25, 0.3) is 0 Å². The zero-order valence-corrected chi connectivity index (χ0v) is 30.6. The van der Waals surface area contributed by atoms with Crippen molar-refractivity contribution >= 4 is 11.8 Å². The number of aliphatic hydroxyl groups is 1. The molecule has 1 unspecified atom stereocenters. The Morgan fingerprint density at radius 3 is 1.48 bits per heavy atom. The maximum Gasteiger partial charge on any atom is 0.220 e. The Hall–Kier alpha value is -0.850. The summed E-state index contributed by atoms with van der Waals surface area (Å²) in [4.78, 5) is 25.0. The van der Waals surface area contributed by atoms with Gasteiger partial charge in [-0.25, -0.2) is 0 Å². The highest BCUT2D eigenvalue weighted by Crippen LogP contribution is 2.15. The smallest absolute Gasteiger partial charge is 0.220 e. The molecule has 0 rings (SSSR count). The lowest BCUT2D eigenvalue weighted by Crippen LogP contribution is -3.00. The van der Waals surface area contributed by atoms with E-state index in [0.29, 0.717) is 12.8 Å². The number of hydrogen-bond donors (Lipinski definition) is 3. The van der Waals surface area contributed by atoms with Gasteiger partial charge < -0.3 is 32.6 Å². The first-order valence-corrected chi connectivity index (χ1v) is 19.0. The Labute approximate surface area is 280 Å². The molecule has 0 aliphatic carbocycles. The minimum absolute atomic E-state index is 0. The van der Waals surface area contributed by atoms with E-state index in [-0.39, 0.29) is 36.9 Å². The van der Waals surface area contributed by atoms with Gasteiger partial charge in [-0.2, -0.15) is 0 Å². The lowest BCUT2D eigenvalue weighted by Gasteiger charge is -2.38. The summed E-state index contributed by atoms with van der Waals surface area (Å²) in [7, 11) is 0. The van der Waals surface area contributed by atoms with E-state index in [1.54, 1.807) is 0 Å². The second-order valence-corrected chi connectivity index (χ2v) is 13.2. The summed E-state index contributed by atoms with van der Waals surface area (Å²) in [6, 6.07) is 0.129. The molecule has 2 amide bonds. The minimum Gasteiger partial charge on any atom is -1.00 e. The maximum absolute atomic E-state index is 12.7. The molecule has 0 heterocycles. The van der Waals surface area contributed by atoms with Gasteiger partial charge in [0.05, 0.1) is 26.2 Å². The molecule has 6 nitrogen and oxygen atoms in total. The number of rotatable bonds is 33. The molecule has 0 aromatic heterocycles. The average Bonchev–Trinajstić information content (AvgIpc) is 3.01. The van der Waals surface area contributed by atoms with E-state index in [1.165, 1.54) is 96.3 Å². The monoisotopic (exact) mass is 646 g/mol. The van der Waals surface area contributed by atoms with Gasteiger partial charge in [0.1, 0.15) is 0 Å². The number of quaternary nitrogens is 1. The van der Waals surface area contributed by atoms with Crippen molar-refractivity contribution in [3.05, 3.63) is 0 Å². The number of carbonyl (C=O) groups is 2. The summed E-state index contributed by atoms with van der Waals surface area (Å²) >= 11 is 0. The quantitative estimate of drug-likeness (QED) is 0.0620. The third kappa shape index (κ3) is 27.5. The first kappa shape index (κ1) is 45.3. The number of aliphatic hydroxyl groups excluding tert-OH is 1. The summed E-state index contributed by atoms with van der Waals surface area (Å²) in [5.74, 6) is 0.375. The van der Waals surface area contributed by atoms with Gasteiger partial charge in [0, 0.05) is 44.9 Å². The van der Waals surface area contributed by atoms with Crippen LogP contribution in [0.15, 0.2) is 0 Å². The van der Waals surface area contributed by atoms with Crippen LogP contribution in [0.2, 0.25) is 0 Å². The van der Waals surface area contributed by atoms with Crippen molar-refractivity contribution in [1.82, 2.24) is 10.6 Å². The molecule has 0 saturated carbocycles. The summed E-state index contributed by atoms with van der Waals surface area (Å²) in [5.41, 5.74) is 0. The van der Waals surface area contributed by atoms with Gasteiger partial charge in [-0.15, -0.1) is 0 Å². The summed E-state index contributed by atoms with van der Waals surface area (Å²) in [6.07, 6.45) is 27.6. The molecule has 0 aromatic carbocycles. The number of unbranched alkanes of at least 4 members (excludes halogenated alkanes) is 16. The average molecular weight is 646 g/mol. The first-order valence-electron chi connectivity index (χ1n) is 19.0. The van der Waals surface area contributed by atoms with Crippen LogP contribution >= 0.6 is 0 Å². The fourth-order valence-corrected chi connectivity index (χ4v) is 6.25. The van der Waals surface area contributed by atoms with E-state index in [1.807, 2.05) is 0 Å². The van der Waals surface area contributed by atoms with Gasteiger partial charge in [-0.05, 0) is 39.5 Å². The fraction of sp³-hybridized carbons (Fsp3) is 0.946. The standard InChI is InChI=1S/C37H75N3O3.ClH/c1-5-9-11-13-15-17-19-21-23-28-36(42)38-31-26-32-40(7-3,8-4)33-30-35(27-25-34-41)39-37(43)29-24-22-20-18-16-14-12-10-6-2;/h35,41H,5-34H2,1-4H3,(H-,38,39,42,43);1H. The molecule has 0 fully saturated rings. The van der Waals surface area contributed by atoms with Crippen molar-refractivity contribution in [2.45, 2.75) is 188 Å². The van der Waals surface area contributed by atoms with E-state index in [9.17, 15) is 14.7 Å². The molecule has 1 atom stereocenters. The SMILES string of the molecule is CCCCCCCCCCCC(=O)NCCC[N+](CC)(CC)CCC(CCCO)NC(=O)CCCCCCCCCCC.[Cl-]. The second kappa shape index (κ2) is 33.5. The van der Waals surface area contributed by atoms with Crippen molar-refractivity contribution in [2.75, 3.05) is 39.3 Å². The predicted molar refractivity (Wildman–Crippen MR) is 185 cm³/mol. The number of carbonyl (C=O) groups excluding carboxylic acids is 2. The molecular formula is C37H76ClN3O3. The zero-order valence-electron chi connectivity index (χ0n) is 29.9. The van der Waals surface area contributed by atoms with Crippen molar-refractivity contribution in [3.8, 4) is 0 Å². The molecule has 0 aromatic rings.